The van der Waals surface area contributed by atoms with E-state index in [0.29, 0.717) is 18.9 Å². The fraction of sp³-hybridized carbons (Fsp3) is 0.571. The number of fused-ring (bicyclic) bond motifs is 1. The van der Waals surface area contributed by atoms with Crippen molar-refractivity contribution >= 4 is 0 Å². The third-order valence-electron chi connectivity index (χ3n) is 3.46. The molecule has 4 heteroatoms. The van der Waals surface area contributed by atoms with Gasteiger partial charge in [0.1, 0.15) is 0 Å². The van der Waals surface area contributed by atoms with Crippen LogP contribution in [0.4, 0.5) is 0 Å². The minimum Gasteiger partial charge on any atom is -0.454 e. The van der Waals surface area contributed by atoms with Crippen LogP contribution in [0.25, 0.3) is 0 Å². The smallest absolute Gasteiger partial charge is 0.231 e. The first-order chi connectivity index (χ1) is 8.81. The Balaban J connectivity index is 1.50. The van der Waals surface area contributed by atoms with Crippen LogP contribution in [0, 0.1) is 0 Å². The van der Waals surface area contributed by atoms with Gasteiger partial charge < -0.3 is 19.5 Å². The third-order valence-corrected chi connectivity index (χ3v) is 3.46. The minimum atomic E-state index is 0.346. The summed E-state index contributed by atoms with van der Waals surface area (Å²) in [5, 5.41) is 3.56. The Labute approximate surface area is 107 Å². The maximum Gasteiger partial charge on any atom is 0.231 e. The van der Waals surface area contributed by atoms with Gasteiger partial charge in [0, 0.05) is 6.04 Å². The standard InChI is InChI=1S/C14H19NO3/c1-10(15-12-7-16-8-12)2-3-11-4-5-13-14(6-11)18-9-17-13/h4-6,10,12,15H,2-3,7-9H2,1H3. The third kappa shape index (κ3) is 2.60. The van der Waals surface area contributed by atoms with Crippen molar-refractivity contribution in [2.24, 2.45) is 0 Å². The number of rotatable bonds is 5. The van der Waals surface area contributed by atoms with Crippen LogP contribution in [-0.4, -0.2) is 32.1 Å². The lowest BCUT2D eigenvalue weighted by Gasteiger charge is -2.30. The van der Waals surface area contributed by atoms with Crippen LogP contribution >= 0.6 is 0 Å². The second-order valence-electron chi connectivity index (χ2n) is 5.03. The Kier molecular flexibility index (Phi) is 3.39. The molecule has 1 fully saturated rings. The van der Waals surface area contributed by atoms with Gasteiger partial charge in [-0.05, 0) is 37.5 Å². The molecule has 0 aliphatic carbocycles. The van der Waals surface area contributed by atoms with Gasteiger partial charge in [0.25, 0.3) is 0 Å². The summed E-state index contributed by atoms with van der Waals surface area (Å²) < 4.78 is 15.8. The predicted molar refractivity (Wildman–Crippen MR) is 68.1 cm³/mol. The van der Waals surface area contributed by atoms with Gasteiger partial charge in [0.2, 0.25) is 6.79 Å². The van der Waals surface area contributed by atoms with E-state index >= 15 is 0 Å². The highest BCUT2D eigenvalue weighted by molar-refractivity contribution is 5.44. The molecule has 1 aromatic carbocycles. The first kappa shape index (κ1) is 11.8. The monoisotopic (exact) mass is 249 g/mol. The topological polar surface area (TPSA) is 39.7 Å². The van der Waals surface area contributed by atoms with Gasteiger partial charge in [-0.2, -0.15) is 0 Å². The molecule has 1 aromatic rings. The van der Waals surface area contributed by atoms with Crippen LogP contribution in [0.1, 0.15) is 18.9 Å². The highest BCUT2D eigenvalue weighted by Gasteiger charge is 2.20. The van der Waals surface area contributed by atoms with E-state index in [2.05, 4.69) is 24.4 Å². The average Bonchev–Trinajstić information content (AvgIpc) is 2.78. The van der Waals surface area contributed by atoms with Crippen LogP contribution in [0.2, 0.25) is 0 Å². The van der Waals surface area contributed by atoms with E-state index < -0.39 is 0 Å². The minimum absolute atomic E-state index is 0.346. The van der Waals surface area contributed by atoms with Crippen molar-refractivity contribution in [3.05, 3.63) is 23.8 Å². The molecule has 98 valence electrons. The van der Waals surface area contributed by atoms with Gasteiger partial charge in [-0.15, -0.1) is 0 Å². The van der Waals surface area contributed by atoms with Crippen molar-refractivity contribution in [1.82, 2.24) is 5.32 Å². The second-order valence-corrected chi connectivity index (χ2v) is 5.03. The lowest BCUT2D eigenvalue weighted by atomic mass is 10.0. The van der Waals surface area contributed by atoms with Gasteiger partial charge in [-0.1, -0.05) is 6.07 Å². The summed E-state index contributed by atoms with van der Waals surface area (Å²) in [4.78, 5) is 0. The molecular weight excluding hydrogens is 230 g/mol. The van der Waals surface area contributed by atoms with Crippen molar-refractivity contribution in [1.29, 1.82) is 0 Å². The Bertz CT molecular complexity index is 418. The fourth-order valence-electron chi connectivity index (χ4n) is 2.30. The maximum absolute atomic E-state index is 5.38. The molecule has 2 aliphatic rings. The lowest BCUT2D eigenvalue weighted by molar-refractivity contribution is -0.00946. The van der Waals surface area contributed by atoms with Gasteiger partial charge in [0.15, 0.2) is 11.5 Å². The molecule has 1 N–H and O–H groups in total. The van der Waals surface area contributed by atoms with Crippen LogP contribution in [0.5, 0.6) is 11.5 Å². The van der Waals surface area contributed by atoms with Crippen LogP contribution in [-0.2, 0) is 11.2 Å². The largest absolute Gasteiger partial charge is 0.454 e. The van der Waals surface area contributed by atoms with E-state index in [1.165, 1.54) is 5.56 Å². The van der Waals surface area contributed by atoms with Crippen LogP contribution < -0.4 is 14.8 Å². The van der Waals surface area contributed by atoms with Gasteiger partial charge in [-0.3, -0.25) is 0 Å². The zero-order valence-electron chi connectivity index (χ0n) is 10.6. The van der Waals surface area contributed by atoms with Gasteiger partial charge in [0.05, 0.1) is 19.3 Å². The zero-order valence-corrected chi connectivity index (χ0v) is 10.6. The number of aryl methyl sites for hydroxylation is 1. The summed E-state index contributed by atoms with van der Waals surface area (Å²) in [6.07, 6.45) is 2.18. The molecule has 1 unspecified atom stereocenters. The zero-order chi connectivity index (χ0) is 12.4. The maximum atomic E-state index is 5.38. The molecule has 0 spiro atoms. The summed E-state index contributed by atoms with van der Waals surface area (Å²) in [5.41, 5.74) is 1.30. The van der Waals surface area contributed by atoms with Crippen molar-refractivity contribution in [3.8, 4) is 11.5 Å². The molecule has 1 atom stereocenters. The summed E-state index contributed by atoms with van der Waals surface area (Å²) >= 11 is 0. The fourth-order valence-corrected chi connectivity index (χ4v) is 2.30. The SMILES string of the molecule is CC(CCc1ccc2c(c1)OCO2)NC1COC1. The molecular formula is C14H19NO3. The number of hydrogen-bond acceptors (Lipinski definition) is 4. The molecule has 2 heterocycles. The summed E-state index contributed by atoms with van der Waals surface area (Å²) in [5.74, 6) is 1.73. The Morgan fingerprint density at radius 2 is 2.11 bits per heavy atom. The van der Waals surface area contributed by atoms with E-state index in [4.69, 9.17) is 14.2 Å². The second kappa shape index (κ2) is 5.16. The van der Waals surface area contributed by atoms with Crippen LogP contribution in [0.3, 0.4) is 0 Å². The van der Waals surface area contributed by atoms with Gasteiger partial charge in [-0.25, -0.2) is 0 Å². The Morgan fingerprint density at radius 1 is 1.28 bits per heavy atom. The first-order valence-electron chi connectivity index (χ1n) is 6.53. The molecule has 4 nitrogen and oxygen atoms in total. The summed E-state index contributed by atoms with van der Waals surface area (Å²) in [7, 11) is 0. The van der Waals surface area contributed by atoms with Gasteiger partial charge >= 0.3 is 0 Å². The molecule has 0 aromatic heterocycles. The highest BCUT2D eigenvalue weighted by Crippen LogP contribution is 2.32. The molecule has 0 saturated carbocycles. The predicted octanol–water partition coefficient (Wildman–Crippen LogP) is 1.72. The van der Waals surface area contributed by atoms with Crippen molar-refractivity contribution in [2.45, 2.75) is 31.8 Å². The number of ether oxygens (including phenoxy) is 3. The summed E-state index contributed by atoms with van der Waals surface area (Å²) in [6.45, 7) is 4.28. The number of benzene rings is 1. The van der Waals surface area contributed by atoms with E-state index in [1.807, 2.05) is 6.07 Å². The Hall–Kier alpha value is -1.26. The van der Waals surface area contributed by atoms with Crippen molar-refractivity contribution < 1.29 is 14.2 Å². The normalized spacial score (nSPS) is 19.6. The molecule has 0 bridgehead atoms. The molecule has 3 rings (SSSR count). The first-order valence-corrected chi connectivity index (χ1v) is 6.53. The quantitative estimate of drug-likeness (QED) is 0.862. The number of hydrogen-bond donors (Lipinski definition) is 1. The molecule has 1 saturated heterocycles. The molecule has 2 aliphatic heterocycles. The van der Waals surface area contributed by atoms with E-state index in [-0.39, 0.29) is 0 Å². The Morgan fingerprint density at radius 3 is 2.89 bits per heavy atom. The highest BCUT2D eigenvalue weighted by atomic mass is 16.7. The van der Waals surface area contributed by atoms with Crippen molar-refractivity contribution in [2.75, 3.05) is 20.0 Å². The lowest BCUT2D eigenvalue weighted by Crippen LogP contribution is -2.49. The summed E-state index contributed by atoms with van der Waals surface area (Å²) in [6, 6.07) is 7.27. The van der Waals surface area contributed by atoms with E-state index in [1.54, 1.807) is 0 Å². The number of nitrogens with one attached hydrogen (secondary N) is 1. The average molecular weight is 249 g/mol. The molecule has 0 radical (unpaired) electrons. The van der Waals surface area contributed by atoms with E-state index in [0.717, 1.165) is 37.6 Å². The molecule has 18 heavy (non-hydrogen) atoms. The van der Waals surface area contributed by atoms with E-state index in [9.17, 15) is 0 Å². The molecule has 0 amide bonds. The van der Waals surface area contributed by atoms with Crippen LogP contribution in [0.15, 0.2) is 18.2 Å². The van der Waals surface area contributed by atoms with Crippen molar-refractivity contribution in [3.63, 3.8) is 0 Å².